The SMILES string of the molecule is [O-][S+]1CC1COCC1C[S+]1[O-]. The molecule has 0 radical (unpaired) electrons. The van der Waals surface area contributed by atoms with Gasteiger partial charge in [-0.3, -0.25) is 0 Å². The van der Waals surface area contributed by atoms with Crippen LogP contribution >= 0.6 is 0 Å². The predicted molar refractivity (Wildman–Crippen MR) is 44.4 cm³/mol. The number of hydrogen-bond donors (Lipinski definition) is 0. The minimum atomic E-state index is -0.603. The van der Waals surface area contributed by atoms with Crippen LogP contribution in [-0.4, -0.2) is 44.3 Å². The van der Waals surface area contributed by atoms with Crippen molar-refractivity contribution in [2.45, 2.75) is 10.5 Å². The maximum atomic E-state index is 10.6. The third-order valence-electron chi connectivity index (χ3n) is 1.82. The Morgan fingerprint density at radius 3 is 1.73 bits per heavy atom. The molecule has 0 amide bonds. The average Bonchev–Trinajstić information content (AvgIpc) is 2.79. The second kappa shape index (κ2) is 3.14. The summed E-state index contributed by atoms with van der Waals surface area (Å²) in [6, 6.07) is 0. The maximum absolute atomic E-state index is 10.6. The third kappa shape index (κ3) is 2.26. The summed E-state index contributed by atoms with van der Waals surface area (Å²) < 4.78 is 26.5. The van der Waals surface area contributed by atoms with Gasteiger partial charge in [0, 0.05) is 0 Å². The van der Waals surface area contributed by atoms with Gasteiger partial charge in [-0.05, 0) is 22.4 Å². The molecule has 0 aromatic rings. The molecule has 2 fully saturated rings. The molecule has 0 bridgehead atoms. The van der Waals surface area contributed by atoms with Crippen LogP contribution in [0, 0.1) is 0 Å². The molecular formula is C6H10O3S2. The lowest BCUT2D eigenvalue weighted by Gasteiger charge is -1.95. The smallest absolute Gasteiger partial charge is 0.183 e. The van der Waals surface area contributed by atoms with Crippen LogP contribution in [0.3, 0.4) is 0 Å². The molecular weight excluding hydrogens is 184 g/mol. The Morgan fingerprint density at radius 1 is 1.09 bits per heavy atom. The second-order valence-electron chi connectivity index (χ2n) is 2.88. The Balaban J connectivity index is 1.48. The van der Waals surface area contributed by atoms with E-state index >= 15 is 0 Å². The zero-order chi connectivity index (χ0) is 7.84. The summed E-state index contributed by atoms with van der Waals surface area (Å²) in [7, 11) is 0. The first-order chi connectivity index (χ1) is 5.27. The molecule has 2 heterocycles. The Bertz CT molecular complexity index is 139. The van der Waals surface area contributed by atoms with E-state index in [9.17, 15) is 9.11 Å². The van der Waals surface area contributed by atoms with Crippen LogP contribution < -0.4 is 0 Å². The minimum absolute atomic E-state index is 0.280. The van der Waals surface area contributed by atoms with Crippen LogP contribution in [0.4, 0.5) is 0 Å². The lowest BCUT2D eigenvalue weighted by molar-refractivity contribution is 0.149. The van der Waals surface area contributed by atoms with Crippen molar-refractivity contribution in [3.05, 3.63) is 0 Å². The predicted octanol–water partition coefficient (Wildman–Crippen LogP) is -0.735. The van der Waals surface area contributed by atoms with Gasteiger partial charge in [0.2, 0.25) is 0 Å². The standard InChI is InChI=1S/C6H10O3S2/c7-10-3-5(10)1-9-2-6-4-11(6)8/h5-6H,1-4H2. The molecule has 2 rings (SSSR count). The van der Waals surface area contributed by atoms with Gasteiger partial charge in [0.1, 0.15) is 0 Å². The van der Waals surface area contributed by atoms with Crippen LogP contribution in [0.25, 0.3) is 0 Å². The highest BCUT2D eigenvalue weighted by Crippen LogP contribution is 2.24. The fourth-order valence-electron chi connectivity index (χ4n) is 0.867. The summed E-state index contributed by atoms with van der Waals surface area (Å²) >= 11 is -1.21. The van der Waals surface area contributed by atoms with E-state index in [0.717, 1.165) is 11.5 Å². The van der Waals surface area contributed by atoms with Gasteiger partial charge in [0.25, 0.3) is 0 Å². The van der Waals surface area contributed by atoms with Gasteiger partial charge >= 0.3 is 0 Å². The van der Waals surface area contributed by atoms with Crippen LogP contribution in [0.2, 0.25) is 0 Å². The van der Waals surface area contributed by atoms with E-state index in [4.69, 9.17) is 4.74 Å². The van der Waals surface area contributed by atoms with Crippen LogP contribution in [0.15, 0.2) is 0 Å². The zero-order valence-corrected chi connectivity index (χ0v) is 7.66. The van der Waals surface area contributed by atoms with Crippen molar-refractivity contribution in [1.29, 1.82) is 0 Å². The average molecular weight is 194 g/mol. The quantitative estimate of drug-likeness (QED) is 0.438. The Hall–Kier alpha value is 0.580. The fourth-order valence-corrected chi connectivity index (χ4v) is 2.46. The van der Waals surface area contributed by atoms with Crippen molar-refractivity contribution in [2.24, 2.45) is 0 Å². The molecule has 4 atom stereocenters. The number of hydrogen-bond acceptors (Lipinski definition) is 3. The second-order valence-corrected chi connectivity index (χ2v) is 6.40. The molecule has 0 aromatic carbocycles. The van der Waals surface area contributed by atoms with Crippen LogP contribution in [-0.2, 0) is 27.1 Å². The van der Waals surface area contributed by atoms with E-state index in [2.05, 4.69) is 0 Å². The van der Waals surface area contributed by atoms with Gasteiger partial charge in [-0.1, -0.05) is 0 Å². The topological polar surface area (TPSA) is 55.3 Å². The Labute approximate surface area is 71.9 Å². The molecule has 11 heavy (non-hydrogen) atoms. The van der Waals surface area contributed by atoms with E-state index in [1.807, 2.05) is 0 Å². The molecule has 64 valence electrons. The van der Waals surface area contributed by atoms with Crippen molar-refractivity contribution >= 4 is 22.4 Å². The van der Waals surface area contributed by atoms with E-state index in [-0.39, 0.29) is 10.5 Å². The molecule has 4 unspecified atom stereocenters. The molecule has 2 aliphatic heterocycles. The molecule has 3 nitrogen and oxygen atoms in total. The summed E-state index contributed by atoms with van der Waals surface area (Å²) in [5, 5.41) is 0.560. The van der Waals surface area contributed by atoms with Crippen molar-refractivity contribution in [3.63, 3.8) is 0 Å². The fraction of sp³-hybridized carbons (Fsp3) is 1.00. The van der Waals surface area contributed by atoms with E-state index in [0.29, 0.717) is 13.2 Å². The van der Waals surface area contributed by atoms with Crippen molar-refractivity contribution in [1.82, 2.24) is 0 Å². The van der Waals surface area contributed by atoms with E-state index in [1.54, 1.807) is 0 Å². The summed E-state index contributed by atoms with van der Waals surface area (Å²) in [4.78, 5) is 0. The van der Waals surface area contributed by atoms with Gasteiger partial charge in [-0.15, -0.1) is 0 Å². The molecule has 0 saturated carbocycles. The number of rotatable bonds is 4. The minimum Gasteiger partial charge on any atom is -0.616 e. The van der Waals surface area contributed by atoms with Crippen molar-refractivity contribution in [3.8, 4) is 0 Å². The van der Waals surface area contributed by atoms with Crippen molar-refractivity contribution < 1.29 is 13.8 Å². The van der Waals surface area contributed by atoms with Gasteiger partial charge in [-0.2, -0.15) is 0 Å². The normalized spacial score (nSPS) is 47.5. The Kier molecular flexibility index (Phi) is 2.34. The molecule has 2 aliphatic rings. The summed E-state index contributed by atoms with van der Waals surface area (Å²) in [6.07, 6.45) is 0. The molecule has 5 heteroatoms. The number of ether oxygens (including phenoxy) is 1. The van der Waals surface area contributed by atoms with Gasteiger partial charge in [0.15, 0.2) is 22.0 Å². The molecule has 2 saturated heterocycles. The largest absolute Gasteiger partial charge is 0.616 e. The van der Waals surface area contributed by atoms with Gasteiger partial charge in [-0.25, -0.2) is 0 Å². The van der Waals surface area contributed by atoms with Gasteiger partial charge in [0.05, 0.1) is 13.2 Å². The Morgan fingerprint density at radius 2 is 1.45 bits per heavy atom. The van der Waals surface area contributed by atoms with Gasteiger partial charge < -0.3 is 13.8 Å². The lowest BCUT2D eigenvalue weighted by atomic mass is 10.5. The zero-order valence-electron chi connectivity index (χ0n) is 6.02. The first-order valence-electron chi connectivity index (χ1n) is 3.59. The molecule has 0 spiro atoms. The first kappa shape index (κ1) is 8.19. The summed E-state index contributed by atoms with van der Waals surface area (Å²) in [5.41, 5.74) is 0. The first-order valence-corrected chi connectivity index (χ1v) is 6.36. The summed E-state index contributed by atoms with van der Waals surface area (Å²) in [6.45, 7) is 1.20. The van der Waals surface area contributed by atoms with Crippen molar-refractivity contribution in [2.75, 3.05) is 24.7 Å². The highest BCUT2D eigenvalue weighted by Gasteiger charge is 2.45. The van der Waals surface area contributed by atoms with E-state index in [1.165, 1.54) is 0 Å². The highest BCUT2D eigenvalue weighted by molar-refractivity contribution is 7.99. The monoisotopic (exact) mass is 194 g/mol. The summed E-state index contributed by atoms with van der Waals surface area (Å²) in [5.74, 6) is 1.60. The molecule has 0 aromatic heterocycles. The molecule has 0 aliphatic carbocycles. The maximum Gasteiger partial charge on any atom is 0.183 e. The van der Waals surface area contributed by atoms with Crippen LogP contribution in [0.5, 0.6) is 0 Å². The lowest BCUT2D eigenvalue weighted by Crippen LogP contribution is -2.08. The molecule has 0 N–H and O–H groups in total. The highest BCUT2D eigenvalue weighted by atomic mass is 32.2. The third-order valence-corrected chi connectivity index (χ3v) is 4.52. The van der Waals surface area contributed by atoms with E-state index < -0.39 is 22.4 Å². The van der Waals surface area contributed by atoms with Crippen LogP contribution in [0.1, 0.15) is 0 Å².